The van der Waals surface area contributed by atoms with E-state index in [0.717, 1.165) is 33.3 Å². The number of carbonyl (C=O) groups excluding carboxylic acids is 1. The number of amides is 1. The molecular formula is C24H24N6OS. The molecule has 4 heterocycles. The van der Waals surface area contributed by atoms with E-state index in [1.165, 1.54) is 9.75 Å². The normalized spacial score (nSPS) is 11.7. The minimum Gasteiger partial charge on any atom is -0.345 e. The van der Waals surface area contributed by atoms with Gasteiger partial charge in [-0.1, -0.05) is 12.1 Å². The Bertz CT molecular complexity index is 1430. The monoisotopic (exact) mass is 444 g/mol. The molecule has 1 amide bonds. The number of thiophene rings is 1. The maximum Gasteiger partial charge on any atom is 0.252 e. The van der Waals surface area contributed by atoms with Crippen LogP contribution in [-0.4, -0.2) is 30.6 Å². The number of hydrogen-bond acceptors (Lipinski definition) is 5. The SMILES string of the molecule is Cc1cc(-c2cc(C(=O)NCc3nc4ccccc4[nH]3)c3cnn(C(C)C)c3n2)c(C)s1. The highest BCUT2D eigenvalue weighted by atomic mass is 32.1. The third kappa shape index (κ3) is 3.56. The average Bonchev–Trinajstić information content (AvgIpc) is 3.46. The van der Waals surface area contributed by atoms with E-state index in [4.69, 9.17) is 4.98 Å². The minimum absolute atomic E-state index is 0.131. The van der Waals surface area contributed by atoms with Crippen molar-refractivity contribution in [2.75, 3.05) is 0 Å². The summed E-state index contributed by atoms with van der Waals surface area (Å²) in [5.74, 6) is 0.541. The molecular weight excluding hydrogens is 420 g/mol. The predicted octanol–water partition coefficient (Wildman–Crippen LogP) is 5.16. The maximum absolute atomic E-state index is 13.3. The van der Waals surface area contributed by atoms with Gasteiger partial charge in [-0.25, -0.2) is 14.6 Å². The summed E-state index contributed by atoms with van der Waals surface area (Å²) in [5.41, 5.74) is 4.96. The predicted molar refractivity (Wildman–Crippen MR) is 128 cm³/mol. The summed E-state index contributed by atoms with van der Waals surface area (Å²) in [5, 5.41) is 8.26. The highest BCUT2D eigenvalue weighted by Crippen LogP contribution is 2.32. The summed E-state index contributed by atoms with van der Waals surface area (Å²) in [6.45, 7) is 8.59. The fourth-order valence-corrected chi connectivity index (χ4v) is 4.89. The summed E-state index contributed by atoms with van der Waals surface area (Å²) in [6.07, 6.45) is 1.73. The Labute approximate surface area is 189 Å². The summed E-state index contributed by atoms with van der Waals surface area (Å²) >= 11 is 1.73. The molecule has 0 bridgehead atoms. The van der Waals surface area contributed by atoms with E-state index in [-0.39, 0.29) is 11.9 Å². The second-order valence-corrected chi connectivity index (χ2v) is 9.65. The number of pyridine rings is 1. The van der Waals surface area contributed by atoms with E-state index in [0.29, 0.717) is 17.9 Å². The molecule has 0 spiro atoms. The highest BCUT2D eigenvalue weighted by molar-refractivity contribution is 7.12. The zero-order valence-electron chi connectivity index (χ0n) is 18.4. The number of aryl methyl sites for hydroxylation is 2. The topological polar surface area (TPSA) is 88.5 Å². The fourth-order valence-electron chi connectivity index (χ4n) is 3.96. The van der Waals surface area contributed by atoms with Crippen LogP contribution in [0.5, 0.6) is 0 Å². The van der Waals surface area contributed by atoms with Gasteiger partial charge in [0.2, 0.25) is 0 Å². The van der Waals surface area contributed by atoms with Crippen molar-refractivity contribution in [1.29, 1.82) is 0 Å². The molecule has 8 heteroatoms. The molecule has 0 saturated carbocycles. The van der Waals surface area contributed by atoms with Crippen LogP contribution in [0.25, 0.3) is 33.3 Å². The standard InChI is InChI=1S/C24H24N6OS/c1-13(2)30-23-18(11-26-30)17(10-21(29-23)16-9-14(3)32-15(16)4)24(31)25-12-22-27-19-7-5-6-8-20(19)28-22/h5-11,13H,12H2,1-4H3,(H,25,31)(H,27,28). The molecule has 0 aliphatic rings. The number of rotatable bonds is 5. The first-order chi connectivity index (χ1) is 15.4. The highest BCUT2D eigenvalue weighted by Gasteiger charge is 2.20. The Morgan fingerprint density at radius 1 is 1.19 bits per heavy atom. The van der Waals surface area contributed by atoms with Gasteiger partial charge < -0.3 is 10.3 Å². The number of para-hydroxylation sites is 2. The van der Waals surface area contributed by atoms with Gasteiger partial charge in [0.25, 0.3) is 5.91 Å². The van der Waals surface area contributed by atoms with Crippen LogP contribution in [0.1, 0.15) is 45.8 Å². The van der Waals surface area contributed by atoms with Crippen LogP contribution in [-0.2, 0) is 6.54 Å². The van der Waals surface area contributed by atoms with Crippen molar-refractivity contribution in [2.45, 2.75) is 40.3 Å². The molecule has 2 N–H and O–H groups in total. The molecule has 7 nitrogen and oxygen atoms in total. The number of carbonyl (C=O) groups is 1. The van der Waals surface area contributed by atoms with Gasteiger partial charge in [0.1, 0.15) is 5.82 Å². The van der Waals surface area contributed by atoms with E-state index < -0.39 is 0 Å². The molecule has 0 unspecified atom stereocenters. The Morgan fingerprint density at radius 3 is 2.72 bits per heavy atom. The lowest BCUT2D eigenvalue weighted by Gasteiger charge is -2.11. The van der Waals surface area contributed by atoms with E-state index in [1.54, 1.807) is 17.5 Å². The molecule has 0 radical (unpaired) electrons. The molecule has 4 aromatic heterocycles. The second-order valence-electron chi connectivity index (χ2n) is 8.19. The van der Waals surface area contributed by atoms with Crippen LogP contribution in [0.15, 0.2) is 42.6 Å². The van der Waals surface area contributed by atoms with Crippen molar-refractivity contribution in [3.05, 3.63) is 63.7 Å². The van der Waals surface area contributed by atoms with Crippen molar-refractivity contribution in [3.8, 4) is 11.3 Å². The number of aromatic amines is 1. The zero-order chi connectivity index (χ0) is 22.4. The second kappa shape index (κ2) is 7.87. The van der Waals surface area contributed by atoms with Crippen LogP contribution in [0.3, 0.4) is 0 Å². The zero-order valence-corrected chi connectivity index (χ0v) is 19.2. The quantitative estimate of drug-likeness (QED) is 0.392. The van der Waals surface area contributed by atoms with Gasteiger partial charge in [0.05, 0.1) is 40.4 Å². The number of nitrogens with one attached hydrogen (secondary N) is 2. The minimum atomic E-state index is -0.174. The third-order valence-electron chi connectivity index (χ3n) is 5.47. The Morgan fingerprint density at radius 2 is 2.00 bits per heavy atom. The lowest BCUT2D eigenvalue weighted by molar-refractivity contribution is 0.0951. The maximum atomic E-state index is 13.3. The number of benzene rings is 1. The van der Waals surface area contributed by atoms with Gasteiger partial charge in [-0.2, -0.15) is 5.10 Å². The molecule has 0 aliphatic heterocycles. The van der Waals surface area contributed by atoms with E-state index >= 15 is 0 Å². The van der Waals surface area contributed by atoms with Crippen LogP contribution >= 0.6 is 11.3 Å². The van der Waals surface area contributed by atoms with Gasteiger partial charge in [0, 0.05) is 21.4 Å². The number of hydrogen-bond donors (Lipinski definition) is 2. The van der Waals surface area contributed by atoms with Gasteiger partial charge in [-0.05, 0) is 52.0 Å². The van der Waals surface area contributed by atoms with Gasteiger partial charge in [-0.3, -0.25) is 4.79 Å². The molecule has 0 aliphatic carbocycles. The summed E-state index contributed by atoms with van der Waals surface area (Å²) < 4.78 is 1.86. The lowest BCUT2D eigenvalue weighted by atomic mass is 10.1. The van der Waals surface area contributed by atoms with Crippen LogP contribution in [0.4, 0.5) is 0 Å². The van der Waals surface area contributed by atoms with Gasteiger partial charge in [-0.15, -0.1) is 11.3 Å². The first kappa shape index (κ1) is 20.4. The number of imidazole rings is 1. The number of aromatic nitrogens is 5. The van der Waals surface area contributed by atoms with E-state index in [9.17, 15) is 4.79 Å². The molecule has 0 fully saturated rings. The lowest BCUT2D eigenvalue weighted by Crippen LogP contribution is -2.24. The molecule has 1 aromatic carbocycles. The average molecular weight is 445 g/mol. The van der Waals surface area contributed by atoms with Crippen molar-refractivity contribution in [1.82, 2.24) is 30.0 Å². The number of nitrogens with zero attached hydrogens (tertiary/aromatic N) is 4. The van der Waals surface area contributed by atoms with E-state index in [1.807, 2.05) is 35.0 Å². The van der Waals surface area contributed by atoms with E-state index in [2.05, 4.69) is 54.1 Å². The number of H-pyrrole nitrogens is 1. The van der Waals surface area contributed by atoms with Crippen molar-refractivity contribution in [3.63, 3.8) is 0 Å². The Balaban J connectivity index is 1.53. The Hall–Kier alpha value is -3.52. The molecule has 0 atom stereocenters. The molecule has 0 saturated heterocycles. The molecule has 32 heavy (non-hydrogen) atoms. The summed E-state index contributed by atoms with van der Waals surface area (Å²) in [7, 11) is 0. The van der Waals surface area contributed by atoms with Crippen molar-refractivity contribution in [2.24, 2.45) is 0 Å². The summed E-state index contributed by atoms with van der Waals surface area (Å²) in [4.78, 5) is 28.4. The largest absolute Gasteiger partial charge is 0.345 e. The summed E-state index contributed by atoms with van der Waals surface area (Å²) in [6, 6.07) is 11.9. The van der Waals surface area contributed by atoms with Gasteiger partial charge in [0.15, 0.2) is 5.65 Å². The molecule has 5 rings (SSSR count). The third-order valence-corrected chi connectivity index (χ3v) is 6.44. The van der Waals surface area contributed by atoms with Crippen LogP contribution in [0, 0.1) is 13.8 Å². The fraction of sp³-hybridized carbons (Fsp3) is 0.250. The first-order valence-electron chi connectivity index (χ1n) is 10.6. The Kier molecular flexibility index (Phi) is 5.01. The van der Waals surface area contributed by atoms with Crippen molar-refractivity contribution >= 4 is 39.3 Å². The molecule has 162 valence electrons. The van der Waals surface area contributed by atoms with Crippen LogP contribution < -0.4 is 5.32 Å². The number of fused-ring (bicyclic) bond motifs is 2. The van der Waals surface area contributed by atoms with Crippen molar-refractivity contribution < 1.29 is 4.79 Å². The van der Waals surface area contributed by atoms with Gasteiger partial charge >= 0.3 is 0 Å². The van der Waals surface area contributed by atoms with Crippen LogP contribution in [0.2, 0.25) is 0 Å². The molecule has 5 aromatic rings. The smallest absolute Gasteiger partial charge is 0.252 e. The first-order valence-corrected chi connectivity index (χ1v) is 11.4.